The fourth-order valence-electron chi connectivity index (χ4n) is 3.49. The maximum Gasteiger partial charge on any atom is 0.243 e. The van der Waals surface area contributed by atoms with Crippen molar-refractivity contribution in [3.8, 4) is 0 Å². The van der Waals surface area contributed by atoms with Crippen LogP contribution in [0.1, 0.15) is 35.0 Å². The van der Waals surface area contributed by atoms with E-state index < -0.39 is 15.8 Å². The zero-order valence-corrected chi connectivity index (χ0v) is 15.4. The summed E-state index contributed by atoms with van der Waals surface area (Å²) < 4.78 is 40.8. The summed E-state index contributed by atoms with van der Waals surface area (Å²) in [7, 11) is -3.71. The maximum absolute atomic E-state index is 13.8. The molecule has 0 aliphatic carbocycles. The quantitative estimate of drug-likeness (QED) is 0.883. The van der Waals surface area contributed by atoms with E-state index in [4.69, 9.17) is 0 Å². The molecule has 2 aliphatic heterocycles. The number of nitrogens with one attached hydrogen (secondary N) is 1. The molecule has 0 amide bonds. The van der Waals surface area contributed by atoms with Crippen molar-refractivity contribution in [3.63, 3.8) is 0 Å². The molecule has 26 heavy (non-hydrogen) atoms. The van der Waals surface area contributed by atoms with Crippen molar-refractivity contribution in [2.75, 3.05) is 19.6 Å². The predicted molar refractivity (Wildman–Crippen MR) is 94.7 cm³/mol. The van der Waals surface area contributed by atoms with Crippen LogP contribution in [0.25, 0.3) is 0 Å². The normalized spacial score (nSPS) is 20.9. The Bertz CT molecular complexity index is 948. The van der Waals surface area contributed by atoms with E-state index in [9.17, 15) is 12.8 Å². The molecule has 138 valence electrons. The van der Waals surface area contributed by atoms with E-state index in [1.807, 2.05) is 6.20 Å². The van der Waals surface area contributed by atoms with Crippen LogP contribution < -0.4 is 5.32 Å². The SMILES string of the molecule is Cc1ccc(S(=O)(=O)N2CCC(c3ncc4c(n3)CCNC4)C2)cc1F. The van der Waals surface area contributed by atoms with E-state index >= 15 is 0 Å². The van der Waals surface area contributed by atoms with Crippen molar-refractivity contribution in [1.29, 1.82) is 0 Å². The monoisotopic (exact) mass is 376 g/mol. The van der Waals surface area contributed by atoms with Gasteiger partial charge in [0.25, 0.3) is 0 Å². The maximum atomic E-state index is 13.8. The fourth-order valence-corrected chi connectivity index (χ4v) is 5.00. The van der Waals surface area contributed by atoms with E-state index in [1.165, 1.54) is 16.4 Å². The topological polar surface area (TPSA) is 75.2 Å². The molecule has 2 aliphatic rings. The molecule has 1 aromatic carbocycles. The molecule has 6 nitrogen and oxygen atoms in total. The Morgan fingerprint density at radius 1 is 1.35 bits per heavy atom. The smallest absolute Gasteiger partial charge is 0.243 e. The van der Waals surface area contributed by atoms with Crippen molar-refractivity contribution in [2.45, 2.75) is 37.1 Å². The third kappa shape index (κ3) is 3.13. The molecule has 0 radical (unpaired) electrons. The molecule has 1 fully saturated rings. The van der Waals surface area contributed by atoms with Gasteiger partial charge in [-0.25, -0.2) is 22.8 Å². The molecule has 0 saturated carbocycles. The number of aryl methyl sites for hydroxylation is 1. The first-order chi connectivity index (χ1) is 12.4. The molecule has 0 spiro atoms. The Morgan fingerprint density at radius 3 is 3.00 bits per heavy atom. The Hall–Kier alpha value is -1.90. The zero-order chi connectivity index (χ0) is 18.3. The van der Waals surface area contributed by atoms with E-state index in [0.717, 1.165) is 36.8 Å². The summed E-state index contributed by atoms with van der Waals surface area (Å²) in [5.74, 6) is 0.173. The second-order valence-corrected chi connectivity index (χ2v) is 8.82. The van der Waals surface area contributed by atoms with Crippen molar-refractivity contribution >= 4 is 10.0 Å². The average molecular weight is 376 g/mol. The molecule has 3 heterocycles. The molecular formula is C18H21FN4O2S. The van der Waals surface area contributed by atoms with Gasteiger partial charge in [-0.2, -0.15) is 4.31 Å². The van der Waals surface area contributed by atoms with Crippen LogP contribution in [-0.4, -0.2) is 42.3 Å². The lowest BCUT2D eigenvalue weighted by atomic mass is 10.1. The number of hydrogen-bond donors (Lipinski definition) is 1. The van der Waals surface area contributed by atoms with Gasteiger partial charge >= 0.3 is 0 Å². The second-order valence-electron chi connectivity index (χ2n) is 6.89. The van der Waals surface area contributed by atoms with E-state index in [2.05, 4.69) is 15.3 Å². The van der Waals surface area contributed by atoms with Crippen LogP contribution in [0.5, 0.6) is 0 Å². The van der Waals surface area contributed by atoms with Gasteiger partial charge in [-0.1, -0.05) is 6.07 Å². The lowest BCUT2D eigenvalue weighted by Crippen LogP contribution is -2.29. The summed E-state index contributed by atoms with van der Waals surface area (Å²) in [5.41, 5.74) is 2.59. The third-order valence-electron chi connectivity index (χ3n) is 5.12. The molecule has 1 N–H and O–H groups in total. The molecule has 1 aromatic heterocycles. The summed E-state index contributed by atoms with van der Waals surface area (Å²) in [6, 6.07) is 4.06. The van der Waals surface area contributed by atoms with Gasteiger partial charge < -0.3 is 5.32 Å². The van der Waals surface area contributed by atoms with Crippen molar-refractivity contribution in [3.05, 3.63) is 52.9 Å². The van der Waals surface area contributed by atoms with Crippen LogP contribution in [0.15, 0.2) is 29.3 Å². The molecule has 8 heteroatoms. The lowest BCUT2D eigenvalue weighted by Gasteiger charge is -2.19. The van der Waals surface area contributed by atoms with Crippen LogP contribution in [0.2, 0.25) is 0 Å². The number of sulfonamides is 1. The van der Waals surface area contributed by atoms with Gasteiger partial charge in [-0.3, -0.25) is 0 Å². The van der Waals surface area contributed by atoms with Crippen molar-refractivity contribution < 1.29 is 12.8 Å². The van der Waals surface area contributed by atoms with Crippen LogP contribution >= 0.6 is 0 Å². The first-order valence-electron chi connectivity index (χ1n) is 8.77. The largest absolute Gasteiger partial charge is 0.312 e. The van der Waals surface area contributed by atoms with E-state index in [-0.39, 0.29) is 10.8 Å². The van der Waals surface area contributed by atoms with Gasteiger partial charge in [0.15, 0.2) is 0 Å². The molecule has 1 atom stereocenters. The Balaban J connectivity index is 1.55. The van der Waals surface area contributed by atoms with Crippen molar-refractivity contribution in [1.82, 2.24) is 19.6 Å². The highest BCUT2D eigenvalue weighted by Gasteiger charge is 2.35. The predicted octanol–water partition coefficient (Wildman–Crippen LogP) is 1.75. The number of hydrogen-bond acceptors (Lipinski definition) is 5. The summed E-state index contributed by atoms with van der Waals surface area (Å²) in [6.07, 6.45) is 3.38. The lowest BCUT2D eigenvalue weighted by molar-refractivity contribution is 0.469. The van der Waals surface area contributed by atoms with Crippen LogP contribution in [-0.2, 0) is 23.0 Å². The Kier molecular flexibility index (Phi) is 4.50. The summed E-state index contributed by atoms with van der Waals surface area (Å²) in [6.45, 7) is 4.01. The Labute approximate surface area is 152 Å². The molecule has 1 unspecified atom stereocenters. The van der Waals surface area contributed by atoms with Gasteiger partial charge in [0.05, 0.1) is 4.90 Å². The first-order valence-corrected chi connectivity index (χ1v) is 10.2. The molecule has 4 rings (SSSR count). The minimum absolute atomic E-state index is 0.00122. The highest BCUT2D eigenvalue weighted by molar-refractivity contribution is 7.89. The van der Waals surface area contributed by atoms with Gasteiger partial charge in [0.1, 0.15) is 11.6 Å². The number of halogens is 1. The summed E-state index contributed by atoms with van der Waals surface area (Å²) >= 11 is 0. The van der Waals surface area contributed by atoms with E-state index in [0.29, 0.717) is 30.9 Å². The number of aromatic nitrogens is 2. The van der Waals surface area contributed by atoms with Gasteiger partial charge in [-0.05, 0) is 31.0 Å². The minimum atomic E-state index is -3.71. The summed E-state index contributed by atoms with van der Waals surface area (Å²) in [5, 5.41) is 3.29. The van der Waals surface area contributed by atoms with Gasteiger partial charge in [0.2, 0.25) is 10.0 Å². The van der Waals surface area contributed by atoms with Crippen molar-refractivity contribution in [2.24, 2.45) is 0 Å². The summed E-state index contributed by atoms with van der Waals surface area (Å²) in [4.78, 5) is 9.13. The first kappa shape index (κ1) is 17.5. The number of rotatable bonds is 3. The standard InChI is InChI=1S/C18H21FN4O2S/c1-12-2-3-15(8-16(12)19)26(24,25)23-7-5-13(11-23)18-21-10-14-9-20-6-4-17(14)22-18/h2-3,8,10,13,20H,4-7,9,11H2,1H3. The third-order valence-corrected chi connectivity index (χ3v) is 6.99. The molecule has 0 bridgehead atoms. The molecule has 2 aromatic rings. The molecule has 1 saturated heterocycles. The van der Waals surface area contributed by atoms with Crippen LogP contribution in [0, 0.1) is 12.7 Å². The number of nitrogens with zero attached hydrogens (tertiary/aromatic N) is 3. The second kappa shape index (κ2) is 6.68. The number of fused-ring (bicyclic) bond motifs is 1. The minimum Gasteiger partial charge on any atom is -0.312 e. The molecular weight excluding hydrogens is 355 g/mol. The van der Waals surface area contributed by atoms with E-state index in [1.54, 1.807) is 6.92 Å². The van der Waals surface area contributed by atoms with Crippen LogP contribution in [0.4, 0.5) is 4.39 Å². The zero-order valence-electron chi connectivity index (χ0n) is 14.6. The van der Waals surface area contributed by atoms with Gasteiger partial charge in [-0.15, -0.1) is 0 Å². The van der Waals surface area contributed by atoms with Gasteiger partial charge in [0, 0.05) is 56.0 Å². The highest BCUT2D eigenvalue weighted by atomic mass is 32.2. The fraction of sp³-hybridized carbons (Fsp3) is 0.444. The average Bonchev–Trinajstić information content (AvgIpc) is 3.14. The van der Waals surface area contributed by atoms with Crippen LogP contribution in [0.3, 0.4) is 0 Å². The number of benzene rings is 1. The Morgan fingerprint density at radius 2 is 2.19 bits per heavy atom. The highest BCUT2D eigenvalue weighted by Crippen LogP contribution is 2.30.